The van der Waals surface area contributed by atoms with Gasteiger partial charge in [-0.3, -0.25) is 0 Å². The second kappa shape index (κ2) is 3.05. The van der Waals surface area contributed by atoms with Crippen LogP contribution in [0, 0.1) is 0 Å². The molecule has 1 aromatic heterocycles. The van der Waals surface area contributed by atoms with Gasteiger partial charge < -0.3 is 10.3 Å². The van der Waals surface area contributed by atoms with E-state index in [-0.39, 0.29) is 0 Å². The van der Waals surface area contributed by atoms with Crippen LogP contribution in [0.4, 0.5) is 5.88 Å². The van der Waals surface area contributed by atoms with E-state index in [0.717, 1.165) is 11.3 Å². The van der Waals surface area contributed by atoms with Crippen LogP contribution < -0.4 is 5.73 Å². The van der Waals surface area contributed by atoms with E-state index >= 15 is 0 Å². The van der Waals surface area contributed by atoms with Gasteiger partial charge in [-0.1, -0.05) is 25.4 Å². The molecule has 13 heavy (non-hydrogen) atoms. The fourth-order valence-corrected chi connectivity index (χ4v) is 1.88. The molecule has 1 heterocycles. The van der Waals surface area contributed by atoms with Gasteiger partial charge >= 0.3 is 0 Å². The summed E-state index contributed by atoms with van der Waals surface area (Å²) in [6.07, 6.45) is 3.80. The Bertz CT molecular complexity index is 300. The molecule has 1 aromatic rings. The van der Waals surface area contributed by atoms with Crippen molar-refractivity contribution in [1.82, 2.24) is 5.16 Å². The molecule has 0 atom stereocenters. The normalized spacial score (nSPS) is 17.8. The molecule has 0 aliphatic heterocycles. The lowest BCUT2D eigenvalue weighted by atomic mass is 9.80. The lowest BCUT2D eigenvalue weighted by Crippen LogP contribution is -2.12. The average molecular weight is 180 g/mol. The Hall–Kier alpha value is -0.990. The first-order valence-corrected chi connectivity index (χ1v) is 4.95. The van der Waals surface area contributed by atoms with Crippen molar-refractivity contribution in [3.05, 3.63) is 11.3 Å². The van der Waals surface area contributed by atoms with Crippen LogP contribution >= 0.6 is 0 Å². The Morgan fingerprint density at radius 1 is 1.46 bits per heavy atom. The first-order valence-electron chi connectivity index (χ1n) is 4.95. The van der Waals surface area contributed by atoms with Crippen molar-refractivity contribution in [2.45, 2.75) is 44.9 Å². The van der Waals surface area contributed by atoms with Crippen molar-refractivity contribution in [1.29, 1.82) is 0 Å². The molecule has 2 rings (SSSR count). The quantitative estimate of drug-likeness (QED) is 0.761. The van der Waals surface area contributed by atoms with Gasteiger partial charge in [0.25, 0.3) is 0 Å². The van der Waals surface area contributed by atoms with Gasteiger partial charge in [-0.25, -0.2) is 0 Å². The molecule has 0 saturated heterocycles. The minimum atomic E-state index is 0.418. The van der Waals surface area contributed by atoms with Crippen LogP contribution in [0.25, 0.3) is 0 Å². The predicted octanol–water partition coefficient (Wildman–Crippen LogP) is 2.65. The van der Waals surface area contributed by atoms with Gasteiger partial charge in [0.15, 0.2) is 0 Å². The Morgan fingerprint density at radius 3 is 2.62 bits per heavy atom. The number of anilines is 1. The minimum absolute atomic E-state index is 0.418. The van der Waals surface area contributed by atoms with E-state index in [4.69, 9.17) is 10.3 Å². The zero-order valence-electron chi connectivity index (χ0n) is 8.21. The highest BCUT2D eigenvalue weighted by atomic mass is 16.5. The summed E-state index contributed by atoms with van der Waals surface area (Å²) in [6, 6.07) is 0. The molecule has 1 saturated carbocycles. The van der Waals surface area contributed by atoms with Gasteiger partial charge in [0.1, 0.15) is 0 Å². The van der Waals surface area contributed by atoms with Gasteiger partial charge in [-0.05, 0) is 18.8 Å². The molecular formula is C10H16N2O. The van der Waals surface area contributed by atoms with E-state index in [9.17, 15) is 0 Å². The van der Waals surface area contributed by atoms with Crippen LogP contribution in [-0.4, -0.2) is 5.16 Å². The summed E-state index contributed by atoms with van der Waals surface area (Å²) in [5.41, 5.74) is 7.97. The number of hydrogen-bond acceptors (Lipinski definition) is 3. The molecule has 1 aliphatic carbocycles. The highest BCUT2D eigenvalue weighted by Crippen LogP contribution is 2.40. The molecule has 0 bridgehead atoms. The molecule has 0 amide bonds. The zero-order valence-corrected chi connectivity index (χ0v) is 8.21. The summed E-state index contributed by atoms with van der Waals surface area (Å²) >= 11 is 0. The Kier molecular flexibility index (Phi) is 2.02. The van der Waals surface area contributed by atoms with Gasteiger partial charge in [-0.15, -0.1) is 0 Å². The van der Waals surface area contributed by atoms with E-state index < -0.39 is 0 Å². The Balaban J connectivity index is 2.33. The van der Waals surface area contributed by atoms with Crippen LogP contribution in [0.5, 0.6) is 0 Å². The van der Waals surface area contributed by atoms with Gasteiger partial charge in [0.05, 0.1) is 5.69 Å². The highest BCUT2D eigenvalue weighted by molar-refractivity contribution is 5.43. The molecular weight excluding hydrogens is 164 g/mol. The van der Waals surface area contributed by atoms with E-state index in [1.807, 2.05) is 0 Å². The number of nitrogens with zero attached hydrogens (tertiary/aromatic N) is 1. The highest BCUT2D eigenvalue weighted by Gasteiger charge is 2.28. The first kappa shape index (κ1) is 8.60. The standard InChI is InChI=1S/C10H16N2O/c1-6(2)8-9(7-4-3-5-7)12-13-10(8)11/h6-7H,3-5,11H2,1-2H3. The Morgan fingerprint density at radius 2 is 2.15 bits per heavy atom. The average Bonchev–Trinajstić information content (AvgIpc) is 2.28. The van der Waals surface area contributed by atoms with Gasteiger partial charge in [0.2, 0.25) is 5.88 Å². The van der Waals surface area contributed by atoms with E-state index in [1.165, 1.54) is 19.3 Å². The molecule has 1 aliphatic rings. The van der Waals surface area contributed by atoms with E-state index in [2.05, 4.69) is 19.0 Å². The maximum atomic E-state index is 5.73. The molecule has 3 nitrogen and oxygen atoms in total. The number of hydrogen-bond donors (Lipinski definition) is 1. The topological polar surface area (TPSA) is 52.0 Å². The fourth-order valence-electron chi connectivity index (χ4n) is 1.88. The summed E-state index contributed by atoms with van der Waals surface area (Å²) in [6.45, 7) is 4.26. The minimum Gasteiger partial charge on any atom is -0.367 e. The smallest absolute Gasteiger partial charge is 0.225 e. The second-order valence-corrected chi connectivity index (χ2v) is 4.13. The third-order valence-corrected chi connectivity index (χ3v) is 2.85. The molecule has 3 heteroatoms. The van der Waals surface area contributed by atoms with E-state index in [1.54, 1.807) is 0 Å². The molecule has 0 spiro atoms. The maximum Gasteiger partial charge on any atom is 0.225 e. The third kappa shape index (κ3) is 1.32. The van der Waals surface area contributed by atoms with Crippen molar-refractivity contribution in [3.63, 3.8) is 0 Å². The van der Waals surface area contributed by atoms with Crippen LogP contribution in [0.15, 0.2) is 4.52 Å². The lowest BCUT2D eigenvalue weighted by Gasteiger charge is -2.24. The molecule has 72 valence electrons. The number of nitrogen functional groups attached to an aromatic ring is 1. The molecule has 0 unspecified atom stereocenters. The maximum absolute atomic E-state index is 5.73. The van der Waals surface area contributed by atoms with Gasteiger partial charge in [0, 0.05) is 11.5 Å². The summed E-state index contributed by atoms with van der Waals surface area (Å²) in [5.74, 6) is 1.54. The van der Waals surface area contributed by atoms with Crippen molar-refractivity contribution >= 4 is 5.88 Å². The van der Waals surface area contributed by atoms with Crippen LogP contribution in [0.2, 0.25) is 0 Å². The fraction of sp³-hybridized carbons (Fsp3) is 0.700. The zero-order chi connectivity index (χ0) is 9.42. The summed E-state index contributed by atoms with van der Waals surface area (Å²) in [7, 11) is 0. The monoisotopic (exact) mass is 180 g/mol. The number of aromatic nitrogens is 1. The molecule has 1 fully saturated rings. The van der Waals surface area contributed by atoms with Crippen molar-refractivity contribution in [3.8, 4) is 0 Å². The second-order valence-electron chi connectivity index (χ2n) is 4.13. The summed E-state index contributed by atoms with van der Waals surface area (Å²) < 4.78 is 5.04. The molecule has 0 radical (unpaired) electrons. The van der Waals surface area contributed by atoms with Crippen molar-refractivity contribution in [2.24, 2.45) is 0 Å². The predicted molar refractivity (Wildman–Crippen MR) is 51.6 cm³/mol. The number of nitrogens with two attached hydrogens (primary N) is 1. The van der Waals surface area contributed by atoms with Crippen molar-refractivity contribution in [2.75, 3.05) is 5.73 Å². The molecule has 0 aromatic carbocycles. The Labute approximate surface area is 78.3 Å². The van der Waals surface area contributed by atoms with Gasteiger partial charge in [-0.2, -0.15) is 0 Å². The van der Waals surface area contributed by atoms with E-state index in [0.29, 0.717) is 17.7 Å². The molecule has 2 N–H and O–H groups in total. The lowest BCUT2D eigenvalue weighted by molar-refractivity contribution is 0.368. The first-order chi connectivity index (χ1) is 6.20. The SMILES string of the molecule is CC(C)c1c(C2CCC2)noc1N. The number of rotatable bonds is 2. The largest absolute Gasteiger partial charge is 0.367 e. The van der Waals surface area contributed by atoms with Crippen molar-refractivity contribution < 1.29 is 4.52 Å². The van der Waals surface area contributed by atoms with Crippen LogP contribution in [0.1, 0.15) is 56.2 Å². The van der Waals surface area contributed by atoms with Crippen LogP contribution in [0.3, 0.4) is 0 Å². The van der Waals surface area contributed by atoms with Crippen LogP contribution in [-0.2, 0) is 0 Å². The summed E-state index contributed by atoms with van der Waals surface area (Å²) in [5, 5.41) is 4.06. The summed E-state index contributed by atoms with van der Waals surface area (Å²) in [4.78, 5) is 0. The third-order valence-electron chi connectivity index (χ3n) is 2.85.